The topological polar surface area (TPSA) is 153 Å². The number of hydrogen-bond acceptors (Lipinski definition) is 8. The number of rotatable bonds is 8. The van der Waals surface area contributed by atoms with E-state index in [4.69, 9.17) is 4.74 Å². The number of non-ortho nitro benzene ring substituents is 1. The molecule has 2 N–H and O–H groups in total. The van der Waals surface area contributed by atoms with Gasteiger partial charge in [-0.3, -0.25) is 10.1 Å². The van der Waals surface area contributed by atoms with Crippen molar-refractivity contribution in [3.8, 4) is 5.75 Å². The Morgan fingerprint density at radius 1 is 1.11 bits per heavy atom. The second-order valence-corrected chi connectivity index (χ2v) is 6.85. The van der Waals surface area contributed by atoms with Crippen molar-refractivity contribution in [1.82, 2.24) is 0 Å². The molecule has 0 radical (unpaired) electrons. The Morgan fingerprint density at radius 2 is 1.67 bits per heavy atom. The van der Waals surface area contributed by atoms with Crippen molar-refractivity contribution < 1.29 is 37.3 Å². The molecule has 0 unspecified atom stereocenters. The minimum Gasteiger partial charge on any atom is -0.497 e. The lowest BCUT2D eigenvalue weighted by atomic mass is 10.0. The number of nitro benzene ring substituents is 1. The van der Waals surface area contributed by atoms with Crippen molar-refractivity contribution in [3.63, 3.8) is 0 Å². The zero-order valence-electron chi connectivity index (χ0n) is 13.9. The Balaban J connectivity index is 2.27. The van der Waals surface area contributed by atoms with Gasteiger partial charge >= 0.3 is 5.97 Å². The van der Waals surface area contributed by atoms with Crippen molar-refractivity contribution >= 4 is 21.8 Å². The Morgan fingerprint density at radius 3 is 2.11 bits per heavy atom. The lowest BCUT2D eigenvalue weighted by molar-refractivity contribution is -0.384. The van der Waals surface area contributed by atoms with E-state index in [1.807, 2.05) is 0 Å². The minimum absolute atomic E-state index is 0.0992. The van der Waals surface area contributed by atoms with Crippen LogP contribution in [-0.4, -0.2) is 42.7 Å². The summed E-state index contributed by atoms with van der Waals surface area (Å²) in [6.45, 7) is 0. The molecule has 2 aromatic rings. The molecule has 0 fully saturated rings. The van der Waals surface area contributed by atoms with Gasteiger partial charge in [0.15, 0.2) is 0 Å². The van der Waals surface area contributed by atoms with Gasteiger partial charge in [0.2, 0.25) is 6.10 Å². The molecule has 0 aliphatic heterocycles. The van der Waals surface area contributed by atoms with Gasteiger partial charge in [-0.25, -0.2) is 8.98 Å². The maximum Gasteiger partial charge on any atom is 0.337 e. The van der Waals surface area contributed by atoms with E-state index in [9.17, 15) is 33.5 Å². The Labute approximate surface area is 153 Å². The summed E-state index contributed by atoms with van der Waals surface area (Å²) in [5, 5.41) is 30.1. The van der Waals surface area contributed by atoms with Crippen molar-refractivity contribution in [2.45, 2.75) is 17.1 Å². The first-order chi connectivity index (χ1) is 12.7. The summed E-state index contributed by atoms with van der Waals surface area (Å²) in [6.07, 6.45) is -3.92. The molecule has 0 bridgehead atoms. The third-order valence-electron chi connectivity index (χ3n) is 3.55. The second kappa shape index (κ2) is 8.12. The third-order valence-corrected chi connectivity index (χ3v) is 4.86. The van der Waals surface area contributed by atoms with Crippen LogP contribution in [0.25, 0.3) is 0 Å². The fourth-order valence-electron chi connectivity index (χ4n) is 2.13. The van der Waals surface area contributed by atoms with Crippen LogP contribution in [0.2, 0.25) is 0 Å². The summed E-state index contributed by atoms with van der Waals surface area (Å²) in [6, 6.07) is 9.34. The number of methoxy groups -OCH3 is 1. The van der Waals surface area contributed by atoms with Gasteiger partial charge < -0.3 is 14.9 Å². The summed E-state index contributed by atoms with van der Waals surface area (Å²) in [7, 11) is -3.18. The molecule has 2 rings (SSSR count). The lowest BCUT2D eigenvalue weighted by Gasteiger charge is -2.19. The van der Waals surface area contributed by atoms with E-state index < -0.39 is 38.1 Å². The van der Waals surface area contributed by atoms with Crippen LogP contribution in [-0.2, 0) is 19.1 Å². The number of aliphatic hydroxyl groups is 1. The van der Waals surface area contributed by atoms with Gasteiger partial charge in [0, 0.05) is 12.1 Å². The molecule has 0 aromatic heterocycles. The smallest absolute Gasteiger partial charge is 0.337 e. The largest absolute Gasteiger partial charge is 0.497 e. The van der Waals surface area contributed by atoms with Crippen LogP contribution in [0, 0.1) is 10.1 Å². The van der Waals surface area contributed by atoms with Gasteiger partial charge in [-0.2, -0.15) is 8.42 Å². The zero-order valence-corrected chi connectivity index (χ0v) is 14.7. The maximum atomic E-state index is 12.3. The number of ether oxygens (including phenoxy) is 1. The first-order valence-electron chi connectivity index (χ1n) is 7.38. The van der Waals surface area contributed by atoms with Crippen LogP contribution in [0.3, 0.4) is 0 Å². The highest BCUT2D eigenvalue weighted by molar-refractivity contribution is 7.86. The molecular formula is C16H15NO9S. The fourth-order valence-corrected chi connectivity index (χ4v) is 3.17. The molecule has 0 saturated heterocycles. The Bertz CT molecular complexity index is 923. The summed E-state index contributed by atoms with van der Waals surface area (Å²) in [4.78, 5) is 20.8. The van der Waals surface area contributed by atoms with E-state index in [-0.39, 0.29) is 11.3 Å². The zero-order chi connectivity index (χ0) is 20.2. The molecule has 0 spiro atoms. The van der Waals surface area contributed by atoms with Gasteiger partial charge in [0.1, 0.15) is 11.9 Å². The van der Waals surface area contributed by atoms with E-state index in [0.717, 1.165) is 24.3 Å². The maximum absolute atomic E-state index is 12.3. The predicted octanol–water partition coefficient (Wildman–Crippen LogP) is 1.50. The van der Waals surface area contributed by atoms with Crippen molar-refractivity contribution in [3.05, 3.63) is 64.2 Å². The number of carboxylic acid groups (broad SMARTS) is 1. The molecule has 0 amide bonds. The molecule has 0 aliphatic carbocycles. The summed E-state index contributed by atoms with van der Waals surface area (Å²) >= 11 is 0. The summed E-state index contributed by atoms with van der Waals surface area (Å²) in [5.41, 5.74) is -0.246. The minimum atomic E-state index is -4.60. The number of benzene rings is 2. The number of aliphatic hydroxyl groups excluding tert-OH is 1. The molecule has 10 nitrogen and oxygen atoms in total. The predicted molar refractivity (Wildman–Crippen MR) is 90.7 cm³/mol. The molecule has 2 aromatic carbocycles. The van der Waals surface area contributed by atoms with E-state index >= 15 is 0 Å². The SMILES string of the molecule is COc1ccc([C@H](O)[C@@H](OS(=O)(=O)c2ccc([N+](=O)[O-])cc2)C(=O)O)cc1. The molecule has 0 saturated carbocycles. The van der Waals surface area contributed by atoms with E-state index in [1.54, 1.807) is 0 Å². The van der Waals surface area contributed by atoms with Gasteiger partial charge in [-0.1, -0.05) is 12.1 Å². The highest BCUT2D eigenvalue weighted by Crippen LogP contribution is 2.26. The normalized spacial score (nSPS) is 13.6. The van der Waals surface area contributed by atoms with Crippen LogP contribution in [0.4, 0.5) is 5.69 Å². The van der Waals surface area contributed by atoms with E-state index in [0.29, 0.717) is 5.75 Å². The van der Waals surface area contributed by atoms with Crippen molar-refractivity contribution in [1.29, 1.82) is 0 Å². The molecule has 2 atom stereocenters. The monoisotopic (exact) mass is 397 g/mol. The van der Waals surface area contributed by atoms with Crippen LogP contribution in [0.1, 0.15) is 11.7 Å². The standard InChI is InChI=1S/C16H15NO9S/c1-25-12-6-2-10(3-7-12)14(18)15(16(19)20)26-27(23,24)13-8-4-11(5-9-13)17(21)22/h2-9,14-15,18H,1H3,(H,19,20)/t14-,15+/m0/s1. The van der Waals surface area contributed by atoms with Gasteiger partial charge in [-0.05, 0) is 29.8 Å². The first-order valence-corrected chi connectivity index (χ1v) is 8.79. The Kier molecular flexibility index (Phi) is 6.10. The summed E-state index contributed by atoms with van der Waals surface area (Å²) in [5.74, 6) is -1.25. The molecule has 0 heterocycles. The number of hydrogen-bond donors (Lipinski definition) is 2. The van der Waals surface area contributed by atoms with Gasteiger partial charge in [0.05, 0.1) is 16.9 Å². The number of aliphatic carboxylic acids is 1. The highest BCUT2D eigenvalue weighted by atomic mass is 32.2. The van der Waals surface area contributed by atoms with Crippen LogP contribution in [0.5, 0.6) is 5.75 Å². The first kappa shape index (κ1) is 20.3. The van der Waals surface area contributed by atoms with Crippen LogP contribution < -0.4 is 4.74 Å². The van der Waals surface area contributed by atoms with Crippen molar-refractivity contribution in [2.75, 3.05) is 7.11 Å². The average molecular weight is 397 g/mol. The number of nitro groups is 1. The Hall–Kier alpha value is -3.02. The van der Waals surface area contributed by atoms with Crippen LogP contribution in [0.15, 0.2) is 53.4 Å². The number of nitrogens with zero attached hydrogens (tertiary/aromatic N) is 1. The van der Waals surface area contributed by atoms with Crippen molar-refractivity contribution in [2.24, 2.45) is 0 Å². The molecule has 11 heteroatoms. The molecule has 27 heavy (non-hydrogen) atoms. The third kappa shape index (κ3) is 4.78. The quantitative estimate of drug-likeness (QED) is 0.383. The average Bonchev–Trinajstić information content (AvgIpc) is 2.65. The van der Waals surface area contributed by atoms with Gasteiger partial charge in [0.25, 0.3) is 15.8 Å². The number of carboxylic acids is 1. The highest BCUT2D eigenvalue weighted by Gasteiger charge is 2.34. The second-order valence-electron chi connectivity index (χ2n) is 5.28. The van der Waals surface area contributed by atoms with Crippen LogP contribution >= 0.6 is 0 Å². The molecule has 0 aliphatic rings. The summed E-state index contributed by atoms with van der Waals surface area (Å²) < 4.78 is 34.2. The number of carbonyl (C=O) groups is 1. The van der Waals surface area contributed by atoms with E-state index in [2.05, 4.69) is 4.18 Å². The van der Waals surface area contributed by atoms with Gasteiger partial charge in [-0.15, -0.1) is 0 Å². The van der Waals surface area contributed by atoms with E-state index in [1.165, 1.54) is 31.4 Å². The fraction of sp³-hybridized carbons (Fsp3) is 0.188. The lowest BCUT2D eigenvalue weighted by Crippen LogP contribution is -2.33. The molecular weight excluding hydrogens is 382 g/mol. The molecule has 144 valence electrons.